The van der Waals surface area contributed by atoms with Crippen molar-refractivity contribution in [2.75, 3.05) is 4.90 Å². The molecule has 1 aromatic rings. The Morgan fingerprint density at radius 1 is 1.05 bits per heavy atom. The lowest BCUT2D eigenvalue weighted by Gasteiger charge is -2.17. The molecule has 2 saturated carbocycles. The Balaban J connectivity index is 1.56. The summed E-state index contributed by atoms with van der Waals surface area (Å²) < 4.78 is 0. The molecule has 3 aliphatic rings. The van der Waals surface area contributed by atoms with E-state index in [0.29, 0.717) is 6.04 Å². The van der Waals surface area contributed by atoms with E-state index < -0.39 is 0 Å². The summed E-state index contributed by atoms with van der Waals surface area (Å²) in [5.41, 5.74) is 1.88. The summed E-state index contributed by atoms with van der Waals surface area (Å²) in [6.07, 6.45) is 5.26. The topological polar surface area (TPSA) is 49.4 Å². The minimum Gasteiger partial charge on any atom is -0.310 e. The van der Waals surface area contributed by atoms with E-state index in [1.807, 2.05) is 24.3 Å². The molecule has 2 amide bonds. The number of hydrogen-bond acceptors (Lipinski definition) is 3. The van der Waals surface area contributed by atoms with Crippen molar-refractivity contribution in [1.82, 2.24) is 5.32 Å². The zero-order valence-electron chi connectivity index (χ0n) is 12.0. The molecule has 21 heavy (non-hydrogen) atoms. The van der Waals surface area contributed by atoms with Crippen molar-refractivity contribution in [3.63, 3.8) is 0 Å². The van der Waals surface area contributed by atoms with E-state index in [1.165, 1.54) is 17.7 Å². The van der Waals surface area contributed by atoms with Crippen LogP contribution >= 0.6 is 0 Å². The van der Waals surface area contributed by atoms with Crippen molar-refractivity contribution in [3.05, 3.63) is 29.8 Å². The molecule has 0 radical (unpaired) electrons. The van der Waals surface area contributed by atoms with E-state index in [9.17, 15) is 9.59 Å². The van der Waals surface area contributed by atoms with Gasteiger partial charge in [0, 0.05) is 12.6 Å². The van der Waals surface area contributed by atoms with Crippen LogP contribution in [0.2, 0.25) is 0 Å². The molecular weight excluding hydrogens is 264 g/mol. The monoisotopic (exact) mass is 284 g/mol. The summed E-state index contributed by atoms with van der Waals surface area (Å²) in [6, 6.07) is 8.49. The number of amides is 2. The van der Waals surface area contributed by atoms with Crippen LogP contribution < -0.4 is 10.2 Å². The van der Waals surface area contributed by atoms with Crippen LogP contribution in [0.4, 0.5) is 5.69 Å². The minimum absolute atomic E-state index is 0.00908. The zero-order chi connectivity index (χ0) is 14.4. The maximum absolute atomic E-state index is 12.5. The van der Waals surface area contributed by atoms with Gasteiger partial charge in [-0.05, 0) is 43.4 Å². The standard InChI is InChI=1S/C17H20N2O2/c20-16-14-5-2-6-15(14)17(21)19(16)13-4-1-3-11(9-13)10-18-12-7-8-12/h1,3-4,9,12,14-15,18H,2,5-8,10H2. The number of nitrogens with zero attached hydrogens (tertiary/aromatic N) is 1. The summed E-state index contributed by atoms with van der Waals surface area (Å²) in [5, 5.41) is 3.46. The van der Waals surface area contributed by atoms with Gasteiger partial charge >= 0.3 is 0 Å². The predicted molar refractivity (Wildman–Crippen MR) is 79.6 cm³/mol. The van der Waals surface area contributed by atoms with Crippen molar-refractivity contribution >= 4 is 17.5 Å². The van der Waals surface area contributed by atoms with Gasteiger partial charge < -0.3 is 5.32 Å². The summed E-state index contributed by atoms with van der Waals surface area (Å²) >= 11 is 0. The molecule has 1 saturated heterocycles. The van der Waals surface area contributed by atoms with Crippen LogP contribution in [-0.4, -0.2) is 17.9 Å². The maximum Gasteiger partial charge on any atom is 0.237 e. The van der Waals surface area contributed by atoms with E-state index in [-0.39, 0.29) is 23.7 Å². The average Bonchev–Trinajstić information content (AvgIpc) is 3.13. The lowest BCUT2D eigenvalue weighted by Crippen LogP contribution is -2.31. The molecular formula is C17H20N2O2. The minimum atomic E-state index is -0.0641. The smallest absolute Gasteiger partial charge is 0.237 e. The number of rotatable bonds is 4. The van der Waals surface area contributed by atoms with Crippen LogP contribution in [0.3, 0.4) is 0 Å². The van der Waals surface area contributed by atoms with Crippen molar-refractivity contribution in [2.45, 2.75) is 44.7 Å². The van der Waals surface area contributed by atoms with E-state index >= 15 is 0 Å². The molecule has 1 aliphatic heterocycles. The van der Waals surface area contributed by atoms with Gasteiger partial charge in [-0.15, -0.1) is 0 Å². The predicted octanol–water partition coefficient (Wildman–Crippen LogP) is 2.23. The molecule has 1 N–H and O–H groups in total. The van der Waals surface area contributed by atoms with Crippen molar-refractivity contribution in [2.24, 2.45) is 11.8 Å². The van der Waals surface area contributed by atoms with Gasteiger partial charge in [0.2, 0.25) is 11.8 Å². The fourth-order valence-electron chi connectivity index (χ4n) is 3.60. The number of nitrogens with one attached hydrogen (secondary N) is 1. The number of imide groups is 1. The van der Waals surface area contributed by atoms with Gasteiger partial charge in [0.05, 0.1) is 17.5 Å². The SMILES string of the molecule is O=C1C2CCCC2C(=O)N1c1cccc(CNC2CC2)c1. The molecule has 4 rings (SSSR count). The number of carbonyl (C=O) groups excluding carboxylic acids is 2. The third-order valence-electron chi connectivity index (χ3n) is 4.93. The van der Waals surface area contributed by atoms with Crippen LogP contribution in [0.25, 0.3) is 0 Å². The van der Waals surface area contributed by atoms with Crippen LogP contribution in [0, 0.1) is 11.8 Å². The highest BCUT2D eigenvalue weighted by atomic mass is 16.2. The average molecular weight is 284 g/mol. The van der Waals surface area contributed by atoms with E-state index in [0.717, 1.165) is 37.1 Å². The van der Waals surface area contributed by atoms with Crippen molar-refractivity contribution in [3.8, 4) is 0 Å². The van der Waals surface area contributed by atoms with Crippen molar-refractivity contribution < 1.29 is 9.59 Å². The largest absolute Gasteiger partial charge is 0.310 e. The lowest BCUT2D eigenvalue weighted by molar-refractivity contribution is -0.122. The molecule has 4 heteroatoms. The normalized spacial score (nSPS) is 28.3. The third kappa shape index (κ3) is 2.27. The van der Waals surface area contributed by atoms with Crippen molar-refractivity contribution in [1.29, 1.82) is 0 Å². The Kier molecular flexibility index (Phi) is 3.07. The Hall–Kier alpha value is -1.68. The molecule has 2 unspecified atom stereocenters. The van der Waals surface area contributed by atoms with Gasteiger partial charge in [-0.2, -0.15) is 0 Å². The second kappa shape index (κ2) is 4.95. The Morgan fingerprint density at radius 2 is 1.76 bits per heavy atom. The fourth-order valence-corrected chi connectivity index (χ4v) is 3.60. The van der Waals surface area contributed by atoms with Gasteiger partial charge in [0.15, 0.2) is 0 Å². The molecule has 0 bridgehead atoms. The summed E-state index contributed by atoms with van der Waals surface area (Å²) in [7, 11) is 0. The van der Waals surface area contributed by atoms with Gasteiger partial charge in [-0.1, -0.05) is 18.6 Å². The van der Waals surface area contributed by atoms with E-state index in [2.05, 4.69) is 5.32 Å². The lowest BCUT2D eigenvalue weighted by atomic mass is 10.00. The molecule has 2 atom stereocenters. The van der Waals surface area contributed by atoms with Gasteiger partial charge in [-0.3, -0.25) is 14.5 Å². The molecule has 110 valence electrons. The third-order valence-corrected chi connectivity index (χ3v) is 4.93. The number of carbonyl (C=O) groups is 2. The van der Waals surface area contributed by atoms with Gasteiger partial charge in [0.1, 0.15) is 0 Å². The van der Waals surface area contributed by atoms with Crippen LogP contribution in [0.1, 0.15) is 37.7 Å². The Morgan fingerprint density at radius 3 is 2.43 bits per heavy atom. The second-order valence-corrected chi connectivity index (χ2v) is 6.48. The molecule has 4 nitrogen and oxygen atoms in total. The van der Waals surface area contributed by atoms with Crippen LogP contribution in [-0.2, 0) is 16.1 Å². The molecule has 1 heterocycles. The highest BCUT2D eigenvalue weighted by Crippen LogP contribution is 2.41. The highest BCUT2D eigenvalue weighted by molar-refractivity contribution is 6.22. The number of hydrogen-bond donors (Lipinski definition) is 1. The summed E-state index contributed by atoms with van der Waals surface area (Å²) in [6.45, 7) is 0.807. The summed E-state index contributed by atoms with van der Waals surface area (Å²) in [5.74, 6) is -0.110. The van der Waals surface area contributed by atoms with Crippen LogP contribution in [0.15, 0.2) is 24.3 Å². The number of fused-ring (bicyclic) bond motifs is 1. The first-order chi connectivity index (χ1) is 10.2. The first-order valence-corrected chi connectivity index (χ1v) is 7.94. The first-order valence-electron chi connectivity index (χ1n) is 7.94. The quantitative estimate of drug-likeness (QED) is 0.863. The molecule has 3 fully saturated rings. The molecule has 2 aliphatic carbocycles. The zero-order valence-corrected chi connectivity index (χ0v) is 12.0. The van der Waals surface area contributed by atoms with Gasteiger partial charge in [0.25, 0.3) is 0 Å². The first kappa shape index (κ1) is 13.0. The second-order valence-electron chi connectivity index (χ2n) is 6.48. The van der Waals surface area contributed by atoms with E-state index in [4.69, 9.17) is 0 Å². The Labute approximate surface area is 124 Å². The van der Waals surface area contributed by atoms with Gasteiger partial charge in [-0.25, -0.2) is 0 Å². The number of benzene rings is 1. The highest BCUT2D eigenvalue weighted by Gasteiger charge is 2.50. The number of anilines is 1. The summed E-state index contributed by atoms with van der Waals surface area (Å²) in [4.78, 5) is 26.4. The van der Waals surface area contributed by atoms with E-state index in [1.54, 1.807) is 0 Å². The molecule has 0 aromatic heterocycles. The fraction of sp³-hybridized carbons (Fsp3) is 0.529. The molecule has 1 aromatic carbocycles. The maximum atomic E-state index is 12.5. The Bertz CT molecular complexity index is 572. The van der Waals surface area contributed by atoms with Crippen LogP contribution in [0.5, 0.6) is 0 Å². The molecule has 0 spiro atoms.